The van der Waals surface area contributed by atoms with Crippen LogP contribution in [-0.4, -0.2) is 59.1 Å². The number of carbonyl (C=O) groups excluding carboxylic acids is 4. The van der Waals surface area contributed by atoms with Crippen molar-refractivity contribution >= 4 is 41.1 Å². The van der Waals surface area contributed by atoms with Gasteiger partial charge in [0.2, 0.25) is 0 Å². The molecular formula is C40H40N4O7. The lowest BCUT2D eigenvalue weighted by Gasteiger charge is -2.30. The van der Waals surface area contributed by atoms with Crippen LogP contribution in [-0.2, 0) is 19.1 Å². The molecule has 0 spiro atoms. The van der Waals surface area contributed by atoms with Gasteiger partial charge in [-0.15, -0.1) is 0 Å². The minimum Gasteiger partial charge on any atom is -0.489 e. The first kappa shape index (κ1) is 36.1. The monoisotopic (exact) mass is 688 g/mol. The summed E-state index contributed by atoms with van der Waals surface area (Å²) in [5, 5.41) is 2.61. The van der Waals surface area contributed by atoms with E-state index in [1.807, 2.05) is 48.5 Å². The second kappa shape index (κ2) is 16.5. The van der Waals surface area contributed by atoms with Gasteiger partial charge in [-0.2, -0.15) is 0 Å². The molecule has 0 saturated carbocycles. The molecule has 51 heavy (non-hydrogen) atoms. The molecule has 0 saturated heterocycles. The fourth-order valence-corrected chi connectivity index (χ4v) is 5.51. The van der Waals surface area contributed by atoms with Gasteiger partial charge in [0, 0.05) is 23.9 Å². The molecule has 262 valence electrons. The van der Waals surface area contributed by atoms with Gasteiger partial charge in [0.25, 0.3) is 11.8 Å². The minimum atomic E-state index is -0.751. The van der Waals surface area contributed by atoms with E-state index < -0.39 is 29.6 Å². The summed E-state index contributed by atoms with van der Waals surface area (Å²) in [6, 6.07) is 26.0. The number of hydrogen-bond donors (Lipinski definition) is 1. The van der Waals surface area contributed by atoms with Crippen LogP contribution in [0.15, 0.2) is 97.2 Å². The summed E-state index contributed by atoms with van der Waals surface area (Å²) in [7, 11) is 0. The number of ether oxygens (including phenoxy) is 3. The van der Waals surface area contributed by atoms with Gasteiger partial charge in [0.05, 0.1) is 36.9 Å². The zero-order chi connectivity index (χ0) is 36.4. The standard InChI is InChI=1S/C40H40N4O7/c1-5-49-36(46)26-33(29-16-8-6-9-17-29)43-27-35(45)44(30-18-10-7-11-19-30)32-22-21-28(25-31(32)38(43)47)15-12-13-24-50-34-20-14-23-41-37(34)42-39(48)51-40(2,3)4/h6-11,14,16-23,25,33H,5,13,24,26-27H2,1-4H3,(H,41,42,48). The Labute approximate surface area is 297 Å². The SMILES string of the molecule is CCOC(=O)CC(c1ccccc1)N1CC(=O)N(c2ccccc2)c2ccc(C#CCCOc3cccnc3NC(=O)OC(C)(C)C)cc2C1=O. The van der Waals surface area contributed by atoms with Crippen molar-refractivity contribution in [1.82, 2.24) is 9.88 Å². The molecule has 5 rings (SSSR count). The summed E-state index contributed by atoms with van der Waals surface area (Å²) in [5.74, 6) is 5.55. The van der Waals surface area contributed by atoms with Crippen molar-refractivity contribution in [3.63, 3.8) is 0 Å². The topological polar surface area (TPSA) is 127 Å². The second-order valence-electron chi connectivity index (χ2n) is 12.5. The van der Waals surface area contributed by atoms with Crippen LogP contribution in [0.5, 0.6) is 5.75 Å². The van der Waals surface area contributed by atoms with Gasteiger partial charge in [-0.05, 0) is 75.7 Å². The number of amides is 3. The second-order valence-corrected chi connectivity index (χ2v) is 12.5. The van der Waals surface area contributed by atoms with E-state index in [1.165, 1.54) is 16.0 Å². The van der Waals surface area contributed by atoms with Gasteiger partial charge in [0.1, 0.15) is 12.1 Å². The Morgan fingerprint density at radius 1 is 0.961 bits per heavy atom. The number of anilines is 3. The number of hydrogen-bond acceptors (Lipinski definition) is 8. The van der Waals surface area contributed by atoms with Crippen LogP contribution in [0.25, 0.3) is 0 Å². The summed E-state index contributed by atoms with van der Waals surface area (Å²) in [5.41, 5.74) is 1.88. The maximum atomic E-state index is 14.5. The van der Waals surface area contributed by atoms with Crippen molar-refractivity contribution in [2.24, 2.45) is 0 Å². The molecule has 1 aliphatic heterocycles. The number of pyridine rings is 1. The van der Waals surface area contributed by atoms with Gasteiger partial charge in [0.15, 0.2) is 11.6 Å². The van der Waals surface area contributed by atoms with Crippen LogP contribution in [0.3, 0.4) is 0 Å². The van der Waals surface area contributed by atoms with Crippen LogP contribution in [0, 0.1) is 11.8 Å². The average molecular weight is 689 g/mol. The molecule has 1 atom stereocenters. The first-order chi connectivity index (χ1) is 24.5. The summed E-state index contributed by atoms with van der Waals surface area (Å²) in [6.07, 6.45) is 1.09. The third-order valence-electron chi connectivity index (χ3n) is 7.63. The fourth-order valence-electron chi connectivity index (χ4n) is 5.51. The van der Waals surface area contributed by atoms with E-state index in [9.17, 15) is 19.2 Å². The molecule has 2 heterocycles. The van der Waals surface area contributed by atoms with E-state index >= 15 is 0 Å². The Morgan fingerprint density at radius 3 is 2.39 bits per heavy atom. The van der Waals surface area contributed by atoms with Gasteiger partial charge in [-0.3, -0.25) is 24.6 Å². The highest BCUT2D eigenvalue weighted by Crippen LogP contribution is 2.36. The largest absolute Gasteiger partial charge is 0.489 e. The summed E-state index contributed by atoms with van der Waals surface area (Å²) < 4.78 is 16.4. The zero-order valence-electron chi connectivity index (χ0n) is 29.0. The van der Waals surface area contributed by atoms with Gasteiger partial charge in [-0.1, -0.05) is 60.4 Å². The smallest absolute Gasteiger partial charge is 0.413 e. The molecule has 11 nitrogen and oxygen atoms in total. The molecule has 0 radical (unpaired) electrons. The third kappa shape index (κ3) is 9.51. The number of carbonyl (C=O) groups is 4. The van der Waals surface area contributed by atoms with Gasteiger partial charge >= 0.3 is 12.1 Å². The number of nitrogens with zero attached hydrogens (tertiary/aromatic N) is 3. The van der Waals surface area contributed by atoms with E-state index in [-0.39, 0.29) is 43.5 Å². The highest BCUT2D eigenvalue weighted by molar-refractivity contribution is 6.13. The van der Waals surface area contributed by atoms with E-state index in [4.69, 9.17) is 14.2 Å². The first-order valence-corrected chi connectivity index (χ1v) is 16.6. The molecule has 1 unspecified atom stereocenters. The van der Waals surface area contributed by atoms with Crippen molar-refractivity contribution in [2.75, 3.05) is 30.0 Å². The third-order valence-corrected chi connectivity index (χ3v) is 7.63. The van der Waals surface area contributed by atoms with Crippen molar-refractivity contribution in [1.29, 1.82) is 0 Å². The number of para-hydroxylation sites is 1. The normalized spacial score (nSPS) is 13.3. The molecule has 0 fully saturated rings. The predicted molar refractivity (Wildman–Crippen MR) is 193 cm³/mol. The van der Waals surface area contributed by atoms with Crippen LogP contribution in [0.1, 0.15) is 68.1 Å². The Bertz CT molecular complexity index is 1930. The minimum absolute atomic E-state index is 0.122. The maximum Gasteiger partial charge on any atom is 0.413 e. The maximum absolute atomic E-state index is 14.5. The molecule has 0 aliphatic carbocycles. The van der Waals surface area contributed by atoms with Crippen LogP contribution in [0.2, 0.25) is 0 Å². The summed E-state index contributed by atoms with van der Waals surface area (Å²) >= 11 is 0. The van der Waals surface area contributed by atoms with Crippen molar-refractivity contribution in [2.45, 2.75) is 52.2 Å². The number of esters is 1. The Morgan fingerprint density at radius 2 is 1.69 bits per heavy atom. The Hall–Kier alpha value is -6.15. The van der Waals surface area contributed by atoms with E-state index in [2.05, 4.69) is 22.1 Å². The van der Waals surface area contributed by atoms with Crippen molar-refractivity contribution < 1.29 is 33.4 Å². The van der Waals surface area contributed by atoms with Crippen LogP contribution >= 0.6 is 0 Å². The van der Waals surface area contributed by atoms with Crippen LogP contribution < -0.4 is 15.0 Å². The van der Waals surface area contributed by atoms with Crippen molar-refractivity contribution in [3.05, 3.63) is 114 Å². The zero-order valence-corrected chi connectivity index (χ0v) is 29.0. The van der Waals surface area contributed by atoms with E-state index in [0.29, 0.717) is 34.7 Å². The number of rotatable bonds is 10. The molecule has 11 heteroatoms. The van der Waals surface area contributed by atoms with Crippen LogP contribution in [0.4, 0.5) is 22.0 Å². The lowest BCUT2D eigenvalue weighted by Crippen LogP contribution is -2.41. The molecule has 3 aromatic carbocycles. The average Bonchev–Trinajstić information content (AvgIpc) is 3.21. The Balaban J connectivity index is 1.41. The number of fused-ring (bicyclic) bond motifs is 1. The molecule has 1 N–H and O–H groups in total. The molecule has 1 aromatic heterocycles. The van der Waals surface area contributed by atoms with Crippen molar-refractivity contribution in [3.8, 4) is 17.6 Å². The predicted octanol–water partition coefficient (Wildman–Crippen LogP) is 7.06. The number of nitrogens with one attached hydrogen (secondary N) is 1. The van der Waals surface area contributed by atoms with E-state index in [0.717, 1.165) is 0 Å². The van der Waals surface area contributed by atoms with E-state index in [1.54, 1.807) is 70.2 Å². The molecule has 3 amide bonds. The highest BCUT2D eigenvalue weighted by Gasteiger charge is 2.37. The number of benzene rings is 3. The van der Waals surface area contributed by atoms with Gasteiger partial charge in [-0.25, -0.2) is 9.78 Å². The molecule has 0 bridgehead atoms. The summed E-state index contributed by atoms with van der Waals surface area (Å²) in [4.78, 5) is 60.7. The molecular weight excluding hydrogens is 648 g/mol. The highest BCUT2D eigenvalue weighted by atomic mass is 16.6. The fraction of sp³-hybridized carbons (Fsp3) is 0.275. The first-order valence-electron chi connectivity index (χ1n) is 16.6. The molecule has 4 aromatic rings. The quantitative estimate of drug-likeness (QED) is 0.107. The lowest BCUT2D eigenvalue weighted by atomic mass is 10.00. The molecule has 1 aliphatic rings. The lowest BCUT2D eigenvalue weighted by molar-refractivity contribution is -0.144. The summed E-state index contributed by atoms with van der Waals surface area (Å²) in [6.45, 7) is 7.15. The number of aromatic nitrogens is 1. The van der Waals surface area contributed by atoms with Gasteiger partial charge < -0.3 is 19.1 Å². The Kier molecular flexibility index (Phi) is 11.7.